The minimum Gasteiger partial charge on any atom is -0.355 e. The number of hydrogen-bond donors (Lipinski definition) is 1. The number of rotatable bonds is 5. The number of pyridine rings is 2. The van der Waals surface area contributed by atoms with Crippen molar-refractivity contribution in [2.45, 2.75) is 0 Å². The number of nitrogens with one attached hydrogen (secondary N) is 1. The molecular weight excluding hydrogens is 308 g/mol. The molecule has 0 aliphatic carbocycles. The molecule has 118 valence electrons. The van der Waals surface area contributed by atoms with Crippen LogP contribution in [0.5, 0.6) is 0 Å². The molecule has 0 aliphatic heterocycles. The van der Waals surface area contributed by atoms with E-state index in [4.69, 9.17) is 0 Å². The van der Waals surface area contributed by atoms with Crippen molar-refractivity contribution in [1.29, 1.82) is 0 Å². The van der Waals surface area contributed by atoms with Gasteiger partial charge < -0.3 is 5.32 Å². The van der Waals surface area contributed by atoms with Gasteiger partial charge in [0.05, 0.1) is 16.2 Å². The zero-order chi connectivity index (χ0) is 16.9. The van der Waals surface area contributed by atoms with Gasteiger partial charge in [-0.05, 0) is 24.3 Å². The predicted molar refractivity (Wildman–Crippen MR) is 88.3 cm³/mol. The zero-order valence-corrected chi connectivity index (χ0v) is 12.4. The molecule has 0 fully saturated rings. The lowest BCUT2D eigenvalue weighted by Crippen LogP contribution is -2.06. The van der Waals surface area contributed by atoms with E-state index in [0.717, 1.165) is 0 Å². The zero-order valence-electron chi connectivity index (χ0n) is 12.4. The molecule has 0 atom stereocenters. The minimum absolute atomic E-state index is 0.0314. The third kappa shape index (κ3) is 3.25. The van der Waals surface area contributed by atoms with Gasteiger partial charge in [0.15, 0.2) is 5.78 Å². The summed E-state index contributed by atoms with van der Waals surface area (Å²) in [4.78, 5) is 30.9. The average Bonchev–Trinajstić information content (AvgIpc) is 2.62. The Labute approximate surface area is 137 Å². The van der Waals surface area contributed by atoms with E-state index in [-0.39, 0.29) is 11.5 Å². The van der Waals surface area contributed by atoms with Gasteiger partial charge in [0.2, 0.25) is 0 Å². The van der Waals surface area contributed by atoms with Crippen LogP contribution < -0.4 is 5.32 Å². The number of nitro benzene ring substituents is 1. The molecule has 7 heteroatoms. The van der Waals surface area contributed by atoms with Crippen LogP contribution in [0.4, 0.5) is 17.1 Å². The van der Waals surface area contributed by atoms with Gasteiger partial charge in [-0.25, -0.2) is 0 Å². The highest BCUT2D eigenvalue weighted by molar-refractivity contribution is 6.12. The lowest BCUT2D eigenvalue weighted by atomic mass is 10.0. The summed E-state index contributed by atoms with van der Waals surface area (Å²) in [5.74, 6) is -0.210. The first-order valence-electron chi connectivity index (χ1n) is 7.05. The maximum atomic E-state index is 12.6. The minimum atomic E-state index is -0.471. The SMILES string of the molecule is O=C(c1ccncc1)c1cnccc1Nc1cccc([N+](=O)[O-])c1. The normalized spacial score (nSPS) is 10.2. The summed E-state index contributed by atoms with van der Waals surface area (Å²) >= 11 is 0. The van der Waals surface area contributed by atoms with Gasteiger partial charge in [-0.2, -0.15) is 0 Å². The molecular formula is C17H12N4O3. The Morgan fingerprint density at radius 1 is 1.04 bits per heavy atom. The fourth-order valence-corrected chi connectivity index (χ4v) is 2.20. The van der Waals surface area contributed by atoms with Gasteiger partial charge >= 0.3 is 0 Å². The lowest BCUT2D eigenvalue weighted by molar-refractivity contribution is -0.384. The van der Waals surface area contributed by atoms with Crippen LogP contribution >= 0.6 is 0 Å². The van der Waals surface area contributed by atoms with Crippen molar-refractivity contribution in [3.8, 4) is 0 Å². The standard InChI is InChI=1S/C17H12N4O3/c22-17(12-4-7-18-8-5-12)15-11-19-9-6-16(15)20-13-2-1-3-14(10-13)21(23)24/h1-11H,(H,19,20). The number of benzene rings is 1. The van der Waals surface area contributed by atoms with Crippen LogP contribution in [0.15, 0.2) is 67.3 Å². The van der Waals surface area contributed by atoms with Crippen molar-refractivity contribution < 1.29 is 9.72 Å². The van der Waals surface area contributed by atoms with E-state index in [9.17, 15) is 14.9 Å². The highest BCUT2D eigenvalue weighted by Crippen LogP contribution is 2.25. The summed E-state index contributed by atoms with van der Waals surface area (Å²) in [5.41, 5.74) is 1.86. The summed E-state index contributed by atoms with van der Waals surface area (Å²) in [6, 6.07) is 11.0. The summed E-state index contributed by atoms with van der Waals surface area (Å²) in [7, 11) is 0. The van der Waals surface area contributed by atoms with Crippen molar-refractivity contribution in [1.82, 2.24) is 9.97 Å². The second-order valence-corrected chi connectivity index (χ2v) is 4.92. The first-order chi connectivity index (χ1) is 11.6. The molecule has 7 nitrogen and oxygen atoms in total. The molecule has 1 aromatic carbocycles. The first kappa shape index (κ1) is 15.3. The van der Waals surface area contributed by atoms with E-state index in [1.54, 1.807) is 36.5 Å². The van der Waals surface area contributed by atoms with Crippen LogP contribution in [-0.4, -0.2) is 20.7 Å². The van der Waals surface area contributed by atoms with E-state index in [1.165, 1.54) is 30.7 Å². The van der Waals surface area contributed by atoms with E-state index in [1.807, 2.05) is 0 Å². The topological polar surface area (TPSA) is 98.0 Å². The average molecular weight is 320 g/mol. The monoisotopic (exact) mass is 320 g/mol. The second-order valence-electron chi connectivity index (χ2n) is 4.92. The van der Waals surface area contributed by atoms with E-state index in [0.29, 0.717) is 22.5 Å². The lowest BCUT2D eigenvalue weighted by Gasteiger charge is -2.11. The molecule has 2 heterocycles. The predicted octanol–water partition coefficient (Wildman–Crippen LogP) is 3.36. The molecule has 0 radical (unpaired) electrons. The van der Waals surface area contributed by atoms with Crippen molar-refractivity contribution in [2.75, 3.05) is 5.32 Å². The molecule has 0 unspecified atom stereocenters. The summed E-state index contributed by atoms with van der Waals surface area (Å²) in [6.45, 7) is 0. The highest BCUT2D eigenvalue weighted by atomic mass is 16.6. The molecule has 0 amide bonds. The van der Waals surface area contributed by atoms with Crippen molar-refractivity contribution in [3.05, 3.63) is 88.5 Å². The van der Waals surface area contributed by atoms with E-state index < -0.39 is 4.92 Å². The Morgan fingerprint density at radius 3 is 2.54 bits per heavy atom. The fraction of sp³-hybridized carbons (Fsp3) is 0. The summed E-state index contributed by atoms with van der Waals surface area (Å²) < 4.78 is 0. The summed E-state index contributed by atoms with van der Waals surface area (Å²) in [6.07, 6.45) is 6.08. The number of anilines is 2. The molecule has 0 spiro atoms. The molecule has 24 heavy (non-hydrogen) atoms. The molecule has 0 saturated heterocycles. The quantitative estimate of drug-likeness (QED) is 0.440. The molecule has 0 bridgehead atoms. The third-order valence-electron chi connectivity index (χ3n) is 3.34. The van der Waals surface area contributed by atoms with Crippen LogP contribution in [0, 0.1) is 10.1 Å². The molecule has 3 aromatic rings. The number of ketones is 1. The molecule has 0 saturated carbocycles. The van der Waals surface area contributed by atoms with Gasteiger partial charge in [-0.15, -0.1) is 0 Å². The molecule has 1 N–H and O–H groups in total. The maximum Gasteiger partial charge on any atom is 0.271 e. The van der Waals surface area contributed by atoms with Crippen LogP contribution in [-0.2, 0) is 0 Å². The fourth-order valence-electron chi connectivity index (χ4n) is 2.20. The molecule has 0 aliphatic rings. The van der Waals surface area contributed by atoms with Gasteiger partial charge in [0.1, 0.15) is 0 Å². The molecule has 3 rings (SSSR count). The number of aromatic nitrogens is 2. The van der Waals surface area contributed by atoms with Gasteiger partial charge in [-0.1, -0.05) is 6.07 Å². The van der Waals surface area contributed by atoms with E-state index >= 15 is 0 Å². The number of nitrogens with zero attached hydrogens (tertiary/aromatic N) is 3. The van der Waals surface area contributed by atoms with Crippen LogP contribution in [0.3, 0.4) is 0 Å². The van der Waals surface area contributed by atoms with Crippen molar-refractivity contribution >= 4 is 22.8 Å². The molecule has 2 aromatic heterocycles. The number of hydrogen-bond acceptors (Lipinski definition) is 6. The maximum absolute atomic E-state index is 12.6. The van der Waals surface area contributed by atoms with E-state index in [2.05, 4.69) is 15.3 Å². The van der Waals surface area contributed by atoms with Crippen molar-refractivity contribution in [2.24, 2.45) is 0 Å². The Morgan fingerprint density at radius 2 is 1.79 bits per heavy atom. The Balaban J connectivity index is 1.94. The van der Waals surface area contributed by atoms with Gasteiger partial charge in [0.25, 0.3) is 5.69 Å². The third-order valence-corrected chi connectivity index (χ3v) is 3.34. The Bertz CT molecular complexity index is 897. The van der Waals surface area contributed by atoms with Gasteiger partial charge in [0, 0.05) is 48.2 Å². The van der Waals surface area contributed by atoms with Gasteiger partial charge in [-0.3, -0.25) is 24.9 Å². The first-order valence-corrected chi connectivity index (χ1v) is 7.05. The Kier molecular flexibility index (Phi) is 4.24. The largest absolute Gasteiger partial charge is 0.355 e. The highest BCUT2D eigenvalue weighted by Gasteiger charge is 2.14. The smallest absolute Gasteiger partial charge is 0.271 e. The second kappa shape index (κ2) is 6.66. The Hall–Kier alpha value is -3.61. The number of carbonyl (C=O) groups excluding carboxylic acids is 1. The number of non-ortho nitro benzene ring substituents is 1. The summed E-state index contributed by atoms with van der Waals surface area (Å²) in [5, 5.41) is 13.9. The number of nitro groups is 1. The van der Waals surface area contributed by atoms with Crippen LogP contribution in [0.2, 0.25) is 0 Å². The van der Waals surface area contributed by atoms with Crippen molar-refractivity contribution in [3.63, 3.8) is 0 Å². The number of carbonyl (C=O) groups is 1. The van der Waals surface area contributed by atoms with Crippen LogP contribution in [0.1, 0.15) is 15.9 Å². The van der Waals surface area contributed by atoms with Crippen LogP contribution in [0.25, 0.3) is 0 Å².